The third kappa shape index (κ3) is 5.79. The van der Waals surface area contributed by atoms with Crippen LogP contribution in [0.2, 0.25) is 0 Å². The van der Waals surface area contributed by atoms with Gasteiger partial charge in [0.2, 0.25) is 10.0 Å². The Labute approximate surface area is 155 Å². The van der Waals surface area contributed by atoms with E-state index in [4.69, 9.17) is 4.74 Å². The Hall–Kier alpha value is -1.44. The second kappa shape index (κ2) is 8.97. The second-order valence-electron chi connectivity index (χ2n) is 7.16. The standard InChI is InChI=1S/C19H28N2O4S/c22-19(20-12-5-13-25-17-7-2-1-3-8-17)15-6-4-9-18(14-15)26(23,24)21-16-10-11-16/h4,6,9,14,16-17,21H,1-3,5,7-8,10-13H2,(H,20,22). The highest BCUT2D eigenvalue weighted by molar-refractivity contribution is 7.89. The summed E-state index contributed by atoms with van der Waals surface area (Å²) in [6.45, 7) is 1.16. The van der Waals surface area contributed by atoms with Crippen LogP contribution >= 0.6 is 0 Å². The van der Waals surface area contributed by atoms with Crippen LogP contribution in [0, 0.1) is 0 Å². The van der Waals surface area contributed by atoms with Gasteiger partial charge < -0.3 is 10.1 Å². The molecule has 1 aromatic carbocycles. The summed E-state index contributed by atoms with van der Waals surface area (Å²) in [4.78, 5) is 12.4. The highest BCUT2D eigenvalue weighted by Gasteiger charge is 2.28. The molecule has 0 bridgehead atoms. The summed E-state index contributed by atoms with van der Waals surface area (Å²) >= 11 is 0. The zero-order chi connectivity index (χ0) is 18.4. The Balaban J connectivity index is 1.43. The molecule has 6 nitrogen and oxygen atoms in total. The molecule has 0 spiro atoms. The van der Waals surface area contributed by atoms with Crippen LogP contribution in [0.3, 0.4) is 0 Å². The Morgan fingerprint density at radius 2 is 1.88 bits per heavy atom. The maximum Gasteiger partial charge on any atom is 0.251 e. The van der Waals surface area contributed by atoms with Crippen LogP contribution in [0.5, 0.6) is 0 Å². The lowest BCUT2D eigenvalue weighted by Crippen LogP contribution is -2.28. The fourth-order valence-electron chi connectivity index (χ4n) is 3.15. The van der Waals surface area contributed by atoms with Crippen molar-refractivity contribution < 1.29 is 17.9 Å². The molecule has 7 heteroatoms. The number of hydrogen-bond acceptors (Lipinski definition) is 4. The minimum absolute atomic E-state index is 0.0432. The molecular weight excluding hydrogens is 352 g/mol. The largest absolute Gasteiger partial charge is 0.378 e. The summed E-state index contributed by atoms with van der Waals surface area (Å²) in [6, 6.07) is 6.21. The smallest absolute Gasteiger partial charge is 0.251 e. The number of benzene rings is 1. The summed E-state index contributed by atoms with van der Waals surface area (Å²) in [6.07, 6.45) is 8.97. The van der Waals surface area contributed by atoms with Crippen LogP contribution in [0.25, 0.3) is 0 Å². The van der Waals surface area contributed by atoms with Gasteiger partial charge in [-0.15, -0.1) is 0 Å². The van der Waals surface area contributed by atoms with Gasteiger partial charge in [0.05, 0.1) is 11.0 Å². The lowest BCUT2D eigenvalue weighted by Gasteiger charge is -2.21. The monoisotopic (exact) mass is 380 g/mol. The van der Waals surface area contributed by atoms with E-state index in [-0.39, 0.29) is 16.8 Å². The van der Waals surface area contributed by atoms with Gasteiger partial charge >= 0.3 is 0 Å². The zero-order valence-electron chi connectivity index (χ0n) is 15.1. The van der Waals surface area contributed by atoms with Crippen molar-refractivity contribution in [3.8, 4) is 0 Å². The summed E-state index contributed by atoms with van der Waals surface area (Å²) in [7, 11) is -3.54. The normalized spacial score (nSPS) is 18.6. The fourth-order valence-corrected chi connectivity index (χ4v) is 4.50. The lowest BCUT2D eigenvalue weighted by molar-refractivity contribution is 0.0273. The molecular formula is C19H28N2O4S. The van der Waals surface area contributed by atoms with Crippen LogP contribution < -0.4 is 10.0 Å². The van der Waals surface area contributed by atoms with Gasteiger partial charge in [0.25, 0.3) is 5.91 Å². The molecule has 2 saturated carbocycles. The molecule has 0 radical (unpaired) electrons. The summed E-state index contributed by atoms with van der Waals surface area (Å²) in [5, 5.41) is 2.83. The van der Waals surface area contributed by atoms with Crippen molar-refractivity contribution in [3.63, 3.8) is 0 Å². The Morgan fingerprint density at radius 1 is 1.12 bits per heavy atom. The molecule has 1 amide bonds. The van der Waals surface area contributed by atoms with Gasteiger partial charge in [-0.05, 0) is 50.3 Å². The van der Waals surface area contributed by atoms with Crippen LogP contribution in [-0.2, 0) is 14.8 Å². The van der Waals surface area contributed by atoms with Gasteiger partial charge in [0.15, 0.2) is 0 Å². The number of ether oxygens (including phenoxy) is 1. The molecule has 0 atom stereocenters. The molecule has 0 heterocycles. The number of sulfonamides is 1. The molecule has 0 aromatic heterocycles. The molecule has 2 fully saturated rings. The average molecular weight is 381 g/mol. The van der Waals surface area contributed by atoms with Gasteiger partial charge in [-0.3, -0.25) is 4.79 Å². The van der Waals surface area contributed by atoms with E-state index in [9.17, 15) is 13.2 Å². The predicted molar refractivity (Wildman–Crippen MR) is 99.6 cm³/mol. The van der Waals surface area contributed by atoms with Crippen molar-refractivity contribution in [1.29, 1.82) is 0 Å². The molecule has 0 aliphatic heterocycles. The minimum atomic E-state index is -3.54. The number of carbonyl (C=O) groups is 1. The van der Waals surface area contributed by atoms with Crippen LogP contribution in [0.15, 0.2) is 29.2 Å². The number of nitrogens with one attached hydrogen (secondary N) is 2. The third-order valence-corrected chi connectivity index (χ3v) is 6.34. The van der Waals surface area contributed by atoms with E-state index in [1.54, 1.807) is 12.1 Å². The Morgan fingerprint density at radius 3 is 2.62 bits per heavy atom. The van der Waals surface area contributed by atoms with Crippen molar-refractivity contribution in [3.05, 3.63) is 29.8 Å². The van der Waals surface area contributed by atoms with Crippen molar-refractivity contribution in [2.45, 2.75) is 68.4 Å². The molecule has 2 N–H and O–H groups in total. The fraction of sp³-hybridized carbons (Fsp3) is 0.632. The topological polar surface area (TPSA) is 84.5 Å². The molecule has 144 valence electrons. The van der Waals surface area contributed by atoms with Gasteiger partial charge in [0, 0.05) is 24.8 Å². The molecule has 26 heavy (non-hydrogen) atoms. The van der Waals surface area contributed by atoms with E-state index >= 15 is 0 Å². The molecule has 2 aliphatic carbocycles. The first-order chi connectivity index (χ1) is 12.5. The highest BCUT2D eigenvalue weighted by atomic mass is 32.2. The SMILES string of the molecule is O=C(NCCCOC1CCCCC1)c1cccc(S(=O)(=O)NC2CC2)c1. The van der Waals surface area contributed by atoms with E-state index in [2.05, 4.69) is 10.0 Å². The average Bonchev–Trinajstić information content (AvgIpc) is 3.45. The number of amides is 1. The van der Waals surface area contributed by atoms with Crippen molar-refractivity contribution >= 4 is 15.9 Å². The summed E-state index contributed by atoms with van der Waals surface area (Å²) < 4.78 is 33.0. The van der Waals surface area contributed by atoms with Crippen molar-refractivity contribution in [1.82, 2.24) is 10.0 Å². The summed E-state index contributed by atoms with van der Waals surface area (Å²) in [5.41, 5.74) is 0.358. The first-order valence-electron chi connectivity index (χ1n) is 9.57. The minimum Gasteiger partial charge on any atom is -0.378 e. The van der Waals surface area contributed by atoms with Crippen molar-refractivity contribution in [2.24, 2.45) is 0 Å². The molecule has 2 aliphatic rings. The second-order valence-corrected chi connectivity index (χ2v) is 8.88. The lowest BCUT2D eigenvalue weighted by atomic mass is 9.98. The van der Waals surface area contributed by atoms with Crippen molar-refractivity contribution in [2.75, 3.05) is 13.2 Å². The maximum absolute atomic E-state index is 12.3. The Bertz CT molecular complexity index is 710. The Kier molecular flexibility index (Phi) is 6.67. The maximum atomic E-state index is 12.3. The zero-order valence-corrected chi connectivity index (χ0v) is 15.9. The van der Waals surface area contributed by atoms with Gasteiger partial charge in [-0.2, -0.15) is 0 Å². The van der Waals surface area contributed by atoms with Gasteiger partial charge in [-0.1, -0.05) is 25.3 Å². The van der Waals surface area contributed by atoms with Crippen LogP contribution in [0.1, 0.15) is 61.7 Å². The highest BCUT2D eigenvalue weighted by Crippen LogP contribution is 2.22. The van der Waals surface area contributed by atoms with E-state index in [0.717, 1.165) is 32.1 Å². The van der Waals surface area contributed by atoms with E-state index in [0.29, 0.717) is 24.8 Å². The van der Waals surface area contributed by atoms with E-state index < -0.39 is 10.0 Å². The van der Waals surface area contributed by atoms with E-state index in [1.807, 2.05) is 0 Å². The van der Waals surface area contributed by atoms with Gasteiger partial charge in [0.1, 0.15) is 0 Å². The quantitative estimate of drug-likeness (QED) is 0.645. The first-order valence-corrected chi connectivity index (χ1v) is 11.0. The van der Waals surface area contributed by atoms with Crippen LogP contribution in [0.4, 0.5) is 0 Å². The van der Waals surface area contributed by atoms with Gasteiger partial charge in [-0.25, -0.2) is 13.1 Å². The molecule has 0 saturated heterocycles. The first kappa shape index (κ1) is 19.3. The molecule has 1 aromatic rings. The number of carbonyl (C=O) groups excluding carboxylic acids is 1. The number of hydrogen-bond donors (Lipinski definition) is 2. The van der Waals surface area contributed by atoms with E-state index in [1.165, 1.54) is 31.4 Å². The number of rotatable bonds is 9. The molecule has 3 rings (SSSR count). The van der Waals surface area contributed by atoms with Crippen LogP contribution in [-0.4, -0.2) is 39.6 Å². The molecule has 0 unspecified atom stereocenters. The predicted octanol–water partition coefficient (Wildman–Crippen LogP) is 2.60. The summed E-state index contributed by atoms with van der Waals surface area (Å²) in [5.74, 6) is -0.258. The third-order valence-electron chi connectivity index (χ3n) is 4.82.